The number of hydrogen-bond donors (Lipinski definition) is 2. The topological polar surface area (TPSA) is 127 Å². The van der Waals surface area contributed by atoms with Gasteiger partial charge in [-0.3, -0.25) is 0 Å². The van der Waals surface area contributed by atoms with Crippen LogP contribution in [0.1, 0.15) is 6.99 Å². The van der Waals surface area contributed by atoms with Gasteiger partial charge in [0.2, 0.25) is 0 Å². The van der Waals surface area contributed by atoms with E-state index in [4.69, 9.17) is 13.1 Å². The molecule has 1 aromatic rings. The molecule has 2 N–H and O–H groups in total. The Morgan fingerprint density at radius 3 is 2.10 bits per heavy atom. The average molecular weight is 374 g/mol. The molecule has 0 bridgehead atoms. The van der Waals surface area contributed by atoms with Crippen molar-refractivity contribution in [1.29, 1.82) is 0 Å². The van der Waals surface area contributed by atoms with Crippen LogP contribution in [0.4, 0.5) is 0 Å². The zero-order valence-corrected chi connectivity index (χ0v) is 14.9. The molecule has 11 heteroatoms. The van der Waals surface area contributed by atoms with Gasteiger partial charge in [0.15, 0.2) is 0 Å². The van der Waals surface area contributed by atoms with Crippen molar-refractivity contribution < 1.29 is 89.3 Å². The summed E-state index contributed by atoms with van der Waals surface area (Å²) in [6.07, 6.45) is 4.10. The van der Waals surface area contributed by atoms with Crippen molar-refractivity contribution in [3.8, 4) is 5.75 Å². The van der Waals surface area contributed by atoms with E-state index in [0.717, 1.165) is 5.75 Å². The van der Waals surface area contributed by atoms with E-state index in [1.807, 2.05) is 30.3 Å². The standard InChI is InChI=1S/C9H8O.2Cr.Na.2H2O.5O.H/c1-2-6-9-8(4-1)5-3-7-10-9;;;;;;;;;;;/h1-6H,7H2;;;;2*1H2;;;;;;/q;3*+1;;;;;;;;-1/p-2. The predicted molar refractivity (Wildman–Crippen MR) is 50.4 cm³/mol. The molecule has 0 amide bonds. The van der Waals surface area contributed by atoms with Crippen LogP contribution >= 0.6 is 0 Å². The molecule has 0 spiro atoms. The Labute approximate surface area is 142 Å². The molecule has 1 aromatic carbocycles. The average Bonchev–Trinajstić information content (AvgIpc) is 2.25. The summed E-state index contributed by atoms with van der Waals surface area (Å²) in [5.74, 6) is 0.991. The summed E-state index contributed by atoms with van der Waals surface area (Å²) in [5.41, 5.74) is 1.17. The van der Waals surface area contributed by atoms with E-state index < -0.39 is 27.2 Å². The third-order valence-electron chi connectivity index (χ3n) is 1.72. The molecule has 1 aliphatic heterocycles. The van der Waals surface area contributed by atoms with Crippen molar-refractivity contribution in [3.63, 3.8) is 0 Å². The van der Waals surface area contributed by atoms with Crippen molar-refractivity contribution in [3.05, 3.63) is 35.9 Å². The molecule has 1 aliphatic rings. The molecular weight excluding hydrogens is 363 g/mol. The van der Waals surface area contributed by atoms with Gasteiger partial charge in [0.25, 0.3) is 0 Å². The molecule has 8 nitrogen and oxygen atoms in total. The second kappa shape index (κ2) is 8.37. The first-order chi connectivity index (χ1) is 8.67. The summed E-state index contributed by atoms with van der Waals surface area (Å²) < 4.78 is 61.6. The Bertz CT molecular complexity index is 641. The zero-order chi connectivity index (χ0) is 14.5. The third kappa shape index (κ3) is 8.95. The minimum atomic E-state index is -5.76. The molecular formula is C9H11Cr2NaO8. The number of fused-ring (bicyclic) bond motifs is 1. The van der Waals surface area contributed by atoms with Crippen LogP contribution in [-0.2, 0) is 45.3 Å². The van der Waals surface area contributed by atoms with Crippen LogP contribution in [0.3, 0.4) is 0 Å². The van der Waals surface area contributed by atoms with Gasteiger partial charge in [0.05, 0.1) is 0 Å². The Kier molecular flexibility index (Phi) is 8.33. The molecule has 0 saturated heterocycles. The van der Waals surface area contributed by atoms with Crippen LogP contribution in [0, 0.1) is 0 Å². The van der Waals surface area contributed by atoms with Gasteiger partial charge in [-0.15, -0.1) is 0 Å². The van der Waals surface area contributed by atoms with Gasteiger partial charge >= 0.3 is 83.2 Å². The quantitative estimate of drug-likeness (QED) is 0.546. The van der Waals surface area contributed by atoms with Crippen LogP contribution in [0.5, 0.6) is 5.75 Å². The number of benzene rings is 1. The van der Waals surface area contributed by atoms with E-state index in [1.165, 1.54) is 5.56 Å². The summed E-state index contributed by atoms with van der Waals surface area (Å²) >= 11 is -11.5. The summed E-state index contributed by atoms with van der Waals surface area (Å²) in [6, 6.07) is 8.03. The molecule has 2 rings (SSSR count). The first-order valence-corrected chi connectivity index (χ1v) is 8.98. The van der Waals surface area contributed by atoms with Crippen LogP contribution in [0.15, 0.2) is 30.3 Å². The van der Waals surface area contributed by atoms with Crippen molar-refractivity contribution in [2.45, 2.75) is 0 Å². The van der Waals surface area contributed by atoms with Gasteiger partial charge in [0, 0.05) is 5.56 Å². The number of para-hydroxylation sites is 1. The molecule has 108 valence electrons. The molecule has 0 fully saturated rings. The fourth-order valence-electron chi connectivity index (χ4n) is 1.17. The van der Waals surface area contributed by atoms with E-state index in [1.54, 1.807) is 0 Å². The van der Waals surface area contributed by atoms with Crippen LogP contribution < -0.4 is 34.3 Å². The monoisotopic (exact) mass is 374 g/mol. The van der Waals surface area contributed by atoms with E-state index in [9.17, 15) is 15.2 Å². The van der Waals surface area contributed by atoms with Gasteiger partial charge in [-0.05, 0) is 12.1 Å². The van der Waals surface area contributed by atoms with E-state index >= 15 is 0 Å². The van der Waals surface area contributed by atoms with Crippen molar-refractivity contribution in [1.82, 2.24) is 0 Å². The van der Waals surface area contributed by atoms with Crippen LogP contribution in [0.2, 0.25) is 0 Å². The Morgan fingerprint density at radius 2 is 1.65 bits per heavy atom. The minimum absolute atomic E-state index is 0. The summed E-state index contributed by atoms with van der Waals surface area (Å²) in [5, 5.41) is 0. The molecule has 0 unspecified atom stereocenters. The third-order valence-corrected chi connectivity index (χ3v) is 4.47. The second-order valence-corrected chi connectivity index (χ2v) is 6.94. The van der Waals surface area contributed by atoms with Gasteiger partial charge < -0.3 is 6.16 Å². The summed E-state index contributed by atoms with van der Waals surface area (Å²) in [7, 11) is 0. The van der Waals surface area contributed by atoms with Crippen LogP contribution in [-0.4, -0.2) is 14.9 Å². The number of ether oxygens (including phenoxy) is 1. The summed E-state index contributed by atoms with van der Waals surface area (Å²) in [6.45, 7) is 0.705. The zero-order valence-electron chi connectivity index (χ0n) is 11.3. The molecule has 1 heterocycles. The fraction of sp³-hybridized carbons (Fsp3) is 0.111. The van der Waals surface area contributed by atoms with Gasteiger partial charge in [-0.1, -0.05) is 24.3 Å². The van der Waals surface area contributed by atoms with Crippen molar-refractivity contribution in [2.75, 3.05) is 6.61 Å². The molecule has 0 aromatic heterocycles. The van der Waals surface area contributed by atoms with Crippen molar-refractivity contribution >= 4 is 6.08 Å². The molecule has 0 atom stereocenters. The maximum absolute atomic E-state index is 9.53. The normalized spacial score (nSPS) is 13.1. The predicted octanol–water partition coefficient (Wildman–Crippen LogP) is -2.45. The first-order valence-electron chi connectivity index (χ1n) is 4.72. The van der Waals surface area contributed by atoms with E-state index in [0.29, 0.717) is 6.61 Å². The first kappa shape index (κ1) is 19.9. The van der Waals surface area contributed by atoms with Gasteiger partial charge in [0.1, 0.15) is 12.4 Å². The maximum atomic E-state index is 9.53. The molecule has 0 saturated carbocycles. The fourth-order valence-corrected chi connectivity index (χ4v) is 2.91. The molecule has 0 radical (unpaired) electrons. The van der Waals surface area contributed by atoms with Gasteiger partial charge in [-0.2, -0.15) is 0 Å². The van der Waals surface area contributed by atoms with E-state index in [2.05, 4.69) is 8.92 Å². The van der Waals surface area contributed by atoms with E-state index in [-0.39, 0.29) is 31.0 Å². The SMILES string of the molecule is C1=Cc2ccccc2OC1.[H-].[Na+].[O]=[Cr](=[O])([OH])[O][Cr](=[O])(=[O])[OH]. The molecule has 0 aliphatic carbocycles. The molecule has 20 heavy (non-hydrogen) atoms. The Hall–Kier alpha value is -0.0951. The summed E-state index contributed by atoms with van der Waals surface area (Å²) in [4.78, 5) is 0. The Morgan fingerprint density at radius 1 is 1.10 bits per heavy atom. The Balaban J connectivity index is 0. The van der Waals surface area contributed by atoms with Crippen LogP contribution in [0.25, 0.3) is 6.08 Å². The van der Waals surface area contributed by atoms with Gasteiger partial charge in [-0.25, -0.2) is 0 Å². The number of hydrogen-bond acceptors (Lipinski definition) is 6. The van der Waals surface area contributed by atoms with Crippen molar-refractivity contribution in [2.24, 2.45) is 0 Å². The second-order valence-electron chi connectivity index (χ2n) is 3.17. The number of rotatable bonds is 2.